The van der Waals surface area contributed by atoms with E-state index in [-0.39, 0.29) is 23.6 Å². The lowest BCUT2D eigenvalue weighted by Gasteiger charge is -2.25. The van der Waals surface area contributed by atoms with E-state index < -0.39 is 5.92 Å². The number of hydrogen-bond donors (Lipinski definition) is 1. The van der Waals surface area contributed by atoms with E-state index in [0.717, 1.165) is 16.5 Å². The van der Waals surface area contributed by atoms with Crippen molar-refractivity contribution in [1.82, 2.24) is 34.4 Å². The lowest BCUT2D eigenvalue weighted by molar-refractivity contribution is -0.131. The molecule has 0 radical (unpaired) electrons. The molecule has 1 saturated heterocycles. The van der Waals surface area contributed by atoms with Gasteiger partial charge in [-0.1, -0.05) is 24.3 Å². The van der Waals surface area contributed by atoms with Gasteiger partial charge in [0.2, 0.25) is 11.8 Å². The van der Waals surface area contributed by atoms with Crippen LogP contribution in [0.25, 0.3) is 10.9 Å². The number of ether oxygens (including phenoxy) is 2. The predicted octanol–water partition coefficient (Wildman–Crippen LogP) is 2.84. The Bertz CT molecular complexity index is 1670. The van der Waals surface area contributed by atoms with Crippen molar-refractivity contribution < 1.29 is 23.9 Å². The lowest BCUT2D eigenvalue weighted by atomic mass is 9.88. The van der Waals surface area contributed by atoms with Crippen LogP contribution in [0.1, 0.15) is 41.2 Å². The van der Waals surface area contributed by atoms with E-state index in [1.54, 1.807) is 27.9 Å². The summed E-state index contributed by atoms with van der Waals surface area (Å²) in [6, 6.07) is 15.5. The van der Waals surface area contributed by atoms with Crippen molar-refractivity contribution in [3.63, 3.8) is 0 Å². The lowest BCUT2D eigenvalue weighted by Crippen LogP contribution is -2.39. The summed E-state index contributed by atoms with van der Waals surface area (Å²) < 4.78 is 15.4. The highest BCUT2D eigenvalue weighted by Gasteiger charge is 2.41. The zero-order chi connectivity index (χ0) is 31.3. The van der Waals surface area contributed by atoms with Gasteiger partial charge in [0, 0.05) is 63.0 Å². The molecule has 1 N–H and O–H groups in total. The third kappa shape index (κ3) is 6.50. The molecule has 0 spiro atoms. The Morgan fingerprint density at radius 2 is 1.91 bits per heavy atom. The molecule has 4 aromatic rings. The highest BCUT2D eigenvalue weighted by molar-refractivity contribution is 5.99. The second kappa shape index (κ2) is 13.4. The van der Waals surface area contributed by atoms with Crippen molar-refractivity contribution in [2.45, 2.75) is 31.7 Å². The molecule has 4 heterocycles. The first-order valence-corrected chi connectivity index (χ1v) is 15.5. The molecule has 2 atom stereocenters. The summed E-state index contributed by atoms with van der Waals surface area (Å²) in [6.45, 7) is 2.93. The fourth-order valence-electron chi connectivity index (χ4n) is 6.40. The number of aromatic nitrogens is 4. The van der Waals surface area contributed by atoms with Crippen molar-refractivity contribution in [3.05, 3.63) is 72.4 Å². The van der Waals surface area contributed by atoms with Crippen LogP contribution in [0.3, 0.4) is 0 Å². The van der Waals surface area contributed by atoms with Gasteiger partial charge in [-0.3, -0.25) is 19.1 Å². The summed E-state index contributed by atoms with van der Waals surface area (Å²) >= 11 is 0. The summed E-state index contributed by atoms with van der Waals surface area (Å²) in [5, 5.41) is 8.19. The van der Waals surface area contributed by atoms with E-state index in [2.05, 4.69) is 15.4 Å². The van der Waals surface area contributed by atoms with Crippen molar-refractivity contribution in [3.8, 4) is 11.5 Å². The van der Waals surface area contributed by atoms with E-state index >= 15 is 0 Å². The summed E-state index contributed by atoms with van der Waals surface area (Å²) in [5.41, 5.74) is 2.47. The Labute approximate surface area is 261 Å². The summed E-state index contributed by atoms with van der Waals surface area (Å²) in [7, 11) is 3.48. The van der Waals surface area contributed by atoms with Crippen LogP contribution >= 0.6 is 0 Å². The van der Waals surface area contributed by atoms with E-state index in [9.17, 15) is 14.4 Å². The largest absolute Gasteiger partial charge is 0.493 e. The van der Waals surface area contributed by atoms with Crippen LogP contribution in [0, 0.1) is 5.92 Å². The first-order chi connectivity index (χ1) is 21.9. The Kier molecular flexibility index (Phi) is 8.99. The molecule has 1 fully saturated rings. The predicted molar refractivity (Wildman–Crippen MR) is 167 cm³/mol. The van der Waals surface area contributed by atoms with Crippen LogP contribution in [0.2, 0.25) is 0 Å². The van der Waals surface area contributed by atoms with Crippen LogP contribution in [0.15, 0.2) is 61.2 Å². The van der Waals surface area contributed by atoms with E-state index in [0.29, 0.717) is 82.3 Å². The summed E-state index contributed by atoms with van der Waals surface area (Å²) in [5.74, 6) is 0.270. The number of aryl methyl sites for hydroxylation is 2. The second-order valence-corrected chi connectivity index (χ2v) is 11.6. The third-order valence-electron chi connectivity index (χ3n) is 8.85. The molecule has 45 heavy (non-hydrogen) atoms. The molecular weight excluding hydrogens is 574 g/mol. The molecule has 3 amide bonds. The number of benzene rings is 2. The molecule has 0 saturated carbocycles. The van der Waals surface area contributed by atoms with Crippen LogP contribution in [-0.2, 0) is 23.2 Å². The van der Waals surface area contributed by atoms with Crippen LogP contribution in [0.4, 0.5) is 0 Å². The number of nitrogens with one attached hydrogen (secondary N) is 1. The minimum atomic E-state index is -0.442. The van der Waals surface area contributed by atoms with E-state index in [1.165, 1.54) is 6.33 Å². The van der Waals surface area contributed by atoms with E-state index in [4.69, 9.17) is 9.47 Å². The minimum Gasteiger partial charge on any atom is -0.493 e. The highest BCUT2D eigenvalue weighted by atomic mass is 16.5. The quantitative estimate of drug-likeness (QED) is 0.355. The molecule has 0 unspecified atom stereocenters. The van der Waals surface area contributed by atoms with Crippen molar-refractivity contribution in [1.29, 1.82) is 0 Å². The number of nitrogens with zero attached hydrogens (tertiary/aromatic N) is 6. The van der Waals surface area contributed by atoms with Gasteiger partial charge in [0.05, 0.1) is 19.6 Å². The number of rotatable bonds is 6. The number of hydrogen-bond acceptors (Lipinski definition) is 7. The standard InChI is InChI=1S/C33H39N7O5/c1-37-27-8-4-3-7-24(27)17-28(37)33(43)39-19-25-23-10-11-29(44-2)30(18-23)45-16-15-38(13-6-12-35-32(42)26(25)20-39)31(41)9-5-14-40-22-34-21-36-40/h3-4,7-8,10-11,17-18,21-22,25-26H,5-6,9,12-16,19-20H2,1-2H3,(H,35,42)/t25-,26+/m1/s1. The fraction of sp³-hybridized carbons (Fsp3) is 0.424. The molecule has 2 aromatic heterocycles. The van der Waals surface area contributed by atoms with Gasteiger partial charge in [0.25, 0.3) is 5.91 Å². The van der Waals surface area contributed by atoms with Crippen LogP contribution in [0.5, 0.6) is 11.5 Å². The van der Waals surface area contributed by atoms with Gasteiger partial charge in [-0.25, -0.2) is 4.98 Å². The molecule has 236 valence electrons. The normalized spacial score (nSPS) is 19.0. The Morgan fingerprint density at radius 3 is 2.71 bits per heavy atom. The Balaban J connectivity index is 1.20. The van der Waals surface area contributed by atoms with Crippen LogP contribution in [-0.4, -0.2) is 93.3 Å². The molecule has 2 aliphatic heterocycles. The number of carbonyl (C=O) groups excluding carboxylic acids is 3. The first kappa shape index (κ1) is 30.2. The number of likely N-dealkylation sites (tertiary alicyclic amines) is 1. The summed E-state index contributed by atoms with van der Waals surface area (Å²) in [4.78, 5) is 48.2. The molecule has 12 heteroatoms. The van der Waals surface area contributed by atoms with Gasteiger partial charge < -0.3 is 29.2 Å². The van der Waals surface area contributed by atoms with Gasteiger partial charge in [-0.15, -0.1) is 0 Å². The molecule has 12 nitrogen and oxygen atoms in total. The maximum atomic E-state index is 13.8. The molecular formula is C33H39N7O5. The number of amides is 3. The molecule has 6 rings (SSSR count). The molecule has 2 aromatic carbocycles. The SMILES string of the molecule is COc1ccc2cc1OCCN(C(=O)CCCn1cncn1)CCCNC(=O)[C@H]1CN(C(=O)c3cc4ccccc4n3C)C[C@H]21. The van der Waals surface area contributed by atoms with Gasteiger partial charge in [-0.05, 0) is 42.7 Å². The Hall–Kier alpha value is -4.87. The number of para-hydroxylation sites is 1. The smallest absolute Gasteiger partial charge is 0.270 e. The average Bonchev–Trinajstić information content (AvgIpc) is 3.81. The Morgan fingerprint density at radius 1 is 1.07 bits per heavy atom. The zero-order valence-electron chi connectivity index (χ0n) is 25.7. The van der Waals surface area contributed by atoms with Crippen molar-refractivity contribution in [2.24, 2.45) is 13.0 Å². The van der Waals surface area contributed by atoms with E-state index in [1.807, 2.05) is 60.1 Å². The second-order valence-electron chi connectivity index (χ2n) is 11.6. The molecule has 2 bridgehead atoms. The van der Waals surface area contributed by atoms with Gasteiger partial charge in [0.1, 0.15) is 25.0 Å². The highest BCUT2D eigenvalue weighted by Crippen LogP contribution is 2.38. The molecule has 2 aliphatic rings. The monoisotopic (exact) mass is 613 g/mol. The number of fused-ring (bicyclic) bond motifs is 5. The van der Waals surface area contributed by atoms with Crippen molar-refractivity contribution >= 4 is 28.6 Å². The number of carbonyl (C=O) groups is 3. The minimum absolute atomic E-state index is 0.0243. The van der Waals surface area contributed by atoms with Gasteiger partial charge >= 0.3 is 0 Å². The number of methoxy groups -OCH3 is 1. The third-order valence-corrected chi connectivity index (χ3v) is 8.85. The van der Waals surface area contributed by atoms with Gasteiger partial charge in [0.15, 0.2) is 11.5 Å². The topological polar surface area (TPSA) is 124 Å². The summed E-state index contributed by atoms with van der Waals surface area (Å²) in [6.07, 6.45) is 4.73. The first-order valence-electron chi connectivity index (χ1n) is 15.5. The average molecular weight is 614 g/mol. The molecule has 0 aliphatic carbocycles. The van der Waals surface area contributed by atoms with Crippen molar-refractivity contribution in [2.75, 3.05) is 46.4 Å². The van der Waals surface area contributed by atoms with Gasteiger partial charge in [-0.2, -0.15) is 5.10 Å². The fourth-order valence-corrected chi connectivity index (χ4v) is 6.40. The van der Waals surface area contributed by atoms with Crippen LogP contribution < -0.4 is 14.8 Å². The maximum Gasteiger partial charge on any atom is 0.270 e. The zero-order valence-corrected chi connectivity index (χ0v) is 25.7. The maximum absolute atomic E-state index is 13.8.